The Morgan fingerprint density at radius 2 is 2.19 bits per heavy atom. The Morgan fingerprint density at radius 3 is 3.00 bits per heavy atom. The Kier molecular flexibility index (Phi) is 3.69. The van der Waals surface area contributed by atoms with E-state index in [-0.39, 0.29) is 12.2 Å². The largest absolute Gasteiger partial charge is 0.379 e. The van der Waals surface area contributed by atoms with E-state index in [4.69, 9.17) is 9.47 Å². The lowest BCUT2D eigenvalue weighted by molar-refractivity contribution is -0.153. The van der Waals surface area contributed by atoms with Gasteiger partial charge in [0.15, 0.2) is 0 Å². The van der Waals surface area contributed by atoms with Crippen LogP contribution >= 0.6 is 11.8 Å². The molecule has 112 valence electrons. The Balaban J connectivity index is 1.72. The molecular weight excluding hydrogens is 282 g/mol. The van der Waals surface area contributed by atoms with Crippen molar-refractivity contribution in [2.24, 2.45) is 5.92 Å². The maximum atomic E-state index is 6.11. The molecule has 1 aromatic carbocycles. The molecule has 3 aliphatic rings. The third kappa shape index (κ3) is 2.39. The van der Waals surface area contributed by atoms with Gasteiger partial charge in [-0.05, 0) is 23.5 Å². The highest BCUT2D eigenvalue weighted by Gasteiger charge is 2.43. The maximum absolute atomic E-state index is 6.11. The van der Waals surface area contributed by atoms with Crippen molar-refractivity contribution < 1.29 is 9.47 Å². The standard InChI is InChI=1S/C17H21NO2S/c1-2-11-3-4-14-13(9-11)16-17(20-7-6-19-16)15(18-14)12-5-8-21-10-12/h3-5,8-9,12,15-18H,2,6-7,10H2,1H3/t12?,15-,16+,17-/m0/s1. The van der Waals surface area contributed by atoms with Crippen molar-refractivity contribution in [3.63, 3.8) is 0 Å². The number of ether oxygens (including phenoxy) is 2. The summed E-state index contributed by atoms with van der Waals surface area (Å²) in [4.78, 5) is 0. The lowest BCUT2D eigenvalue weighted by Gasteiger charge is -2.44. The van der Waals surface area contributed by atoms with Crippen LogP contribution < -0.4 is 5.32 Å². The molecule has 1 saturated heterocycles. The van der Waals surface area contributed by atoms with Crippen molar-refractivity contribution in [3.05, 3.63) is 40.8 Å². The fourth-order valence-corrected chi connectivity index (χ4v) is 4.48. The second-order valence-corrected chi connectivity index (χ2v) is 6.84. The molecule has 0 aromatic heterocycles. The normalized spacial score (nSPS) is 34.1. The Morgan fingerprint density at radius 1 is 1.29 bits per heavy atom. The van der Waals surface area contributed by atoms with Gasteiger partial charge in [0.25, 0.3) is 0 Å². The molecule has 3 aliphatic heterocycles. The molecule has 4 rings (SSSR count). The van der Waals surface area contributed by atoms with Gasteiger partial charge in [-0.15, -0.1) is 11.8 Å². The summed E-state index contributed by atoms with van der Waals surface area (Å²) in [6.45, 7) is 3.59. The van der Waals surface area contributed by atoms with E-state index in [1.165, 1.54) is 16.8 Å². The minimum Gasteiger partial charge on any atom is -0.379 e. The fraction of sp³-hybridized carbons (Fsp3) is 0.529. The molecule has 0 saturated carbocycles. The van der Waals surface area contributed by atoms with E-state index in [2.05, 4.69) is 41.9 Å². The molecule has 0 aliphatic carbocycles. The molecule has 0 radical (unpaired) electrons. The molecule has 1 aromatic rings. The van der Waals surface area contributed by atoms with Crippen LogP contribution in [0.25, 0.3) is 0 Å². The highest BCUT2D eigenvalue weighted by Crippen LogP contribution is 2.42. The van der Waals surface area contributed by atoms with E-state index >= 15 is 0 Å². The smallest absolute Gasteiger partial charge is 0.113 e. The van der Waals surface area contributed by atoms with Crippen LogP contribution in [0.1, 0.15) is 24.2 Å². The number of rotatable bonds is 2. The van der Waals surface area contributed by atoms with Gasteiger partial charge in [0.05, 0.1) is 19.3 Å². The van der Waals surface area contributed by atoms with Gasteiger partial charge in [0.2, 0.25) is 0 Å². The second kappa shape index (κ2) is 5.67. The summed E-state index contributed by atoms with van der Waals surface area (Å²) in [6.07, 6.45) is 3.55. The first-order valence-corrected chi connectivity index (χ1v) is 8.82. The molecule has 4 heteroatoms. The summed E-state index contributed by atoms with van der Waals surface area (Å²) in [6, 6.07) is 7.01. The third-order valence-electron chi connectivity index (χ3n) is 4.67. The highest BCUT2D eigenvalue weighted by molar-refractivity contribution is 8.02. The van der Waals surface area contributed by atoms with Crippen molar-refractivity contribution >= 4 is 17.4 Å². The molecule has 4 atom stereocenters. The lowest BCUT2D eigenvalue weighted by Crippen LogP contribution is -2.51. The Hall–Kier alpha value is -0.970. The zero-order chi connectivity index (χ0) is 14.2. The minimum atomic E-state index is 0.0745. The first-order chi connectivity index (χ1) is 10.4. The zero-order valence-electron chi connectivity index (χ0n) is 12.2. The van der Waals surface area contributed by atoms with Gasteiger partial charge >= 0.3 is 0 Å². The van der Waals surface area contributed by atoms with Gasteiger partial charge in [0.1, 0.15) is 12.2 Å². The van der Waals surface area contributed by atoms with Gasteiger partial charge in [0, 0.05) is 22.9 Å². The molecule has 1 N–H and O–H groups in total. The van der Waals surface area contributed by atoms with E-state index in [0.717, 1.165) is 12.2 Å². The van der Waals surface area contributed by atoms with Crippen LogP contribution in [0.3, 0.4) is 0 Å². The highest BCUT2D eigenvalue weighted by atomic mass is 32.2. The average Bonchev–Trinajstić information content (AvgIpc) is 3.08. The average molecular weight is 303 g/mol. The SMILES string of the molecule is CCc1ccc2c(c1)[C@H]1OCCO[C@H]1[C@H](C1C=CSC1)N2. The Labute approximate surface area is 130 Å². The maximum Gasteiger partial charge on any atom is 0.113 e. The molecular formula is C17H21NO2S. The number of nitrogens with one attached hydrogen (secondary N) is 1. The predicted molar refractivity (Wildman–Crippen MR) is 86.8 cm³/mol. The van der Waals surface area contributed by atoms with Crippen molar-refractivity contribution in [2.45, 2.75) is 31.6 Å². The molecule has 21 heavy (non-hydrogen) atoms. The molecule has 1 unspecified atom stereocenters. The number of hydrogen-bond donors (Lipinski definition) is 1. The van der Waals surface area contributed by atoms with E-state index in [1.54, 1.807) is 0 Å². The molecule has 3 heterocycles. The van der Waals surface area contributed by atoms with Gasteiger partial charge < -0.3 is 14.8 Å². The number of fused-ring (bicyclic) bond motifs is 3. The van der Waals surface area contributed by atoms with Crippen LogP contribution in [0.15, 0.2) is 29.7 Å². The van der Waals surface area contributed by atoms with Crippen LogP contribution in [-0.4, -0.2) is 31.1 Å². The van der Waals surface area contributed by atoms with E-state index < -0.39 is 0 Å². The first kappa shape index (κ1) is 13.7. The van der Waals surface area contributed by atoms with Gasteiger partial charge in [-0.25, -0.2) is 0 Å². The zero-order valence-corrected chi connectivity index (χ0v) is 13.1. The number of aryl methyl sites for hydroxylation is 1. The number of hydrogen-bond acceptors (Lipinski definition) is 4. The van der Waals surface area contributed by atoms with Crippen LogP contribution in [0.5, 0.6) is 0 Å². The summed E-state index contributed by atoms with van der Waals surface area (Å²) >= 11 is 1.89. The monoisotopic (exact) mass is 303 g/mol. The lowest BCUT2D eigenvalue weighted by atomic mass is 9.84. The number of thioether (sulfide) groups is 1. The fourth-order valence-electron chi connectivity index (χ4n) is 3.51. The van der Waals surface area contributed by atoms with Crippen molar-refractivity contribution in [2.75, 3.05) is 24.3 Å². The first-order valence-electron chi connectivity index (χ1n) is 7.77. The number of benzene rings is 1. The molecule has 1 fully saturated rings. The van der Waals surface area contributed by atoms with Crippen molar-refractivity contribution in [3.8, 4) is 0 Å². The summed E-state index contributed by atoms with van der Waals surface area (Å²) in [5.41, 5.74) is 3.84. The van der Waals surface area contributed by atoms with Crippen LogP contribution in [0, 0.1) is 5.92 Å². The van der Waals surface area contributed by atoms with E-state index in [9.17, 15) is 0 Å². The minimum absolute atomic E-state index is 0.0745. The molecule has 0 amide bonds. The van der Waals surface area contributed by atoms with E-state index in [1.807, 2.05) is 11.8 Å². The Bertz CT molecular complexity index is 560. The van der Waals surface area contributed by atoms with Gasteiger partial charge in [-0.1, -0.05) is 25.1 Å². The summed E-state index contributed by atoms with van der Waals surface area (Å²) in [5, 5.41) is 5.93. The van der Waals surface area contributed by atoms with Crippen molar-refractivity contribution in [1.29, 1.82) is 0 Å². The second-order valence-electron chi connectivity index (χ2n) is 5.90. The van der Waals surface area contributed by atoms with Crippen LogP contribution in [0.2, 0.25) is 0 Å². The quantitative estimate of drug-likeness (QED) is 0.907. The van der Waals surface area contributed by atoms with Gasteiger partial charge in [-0.2, -0.15) is 0 Å². The van der Waals surface area contributed by atoms with Crippen molar-refractivity contribution in [1.82, 2.24) is 0 Å². The van der Waals surface area contributed by atoms with Crippen LogP contribution in [-0.2, 0) is 15.9 Å². The molecule has 0 spiro atoms. The van der Waals surface area contributed by atoms with E-state index in [0.29, 0.717) is 25.2 Å². The summed E-state index contributed by atoms with van der Waals surface area (Å²) in [7, 11) is 0. The topological polar surface area (TPSA) is 30.5 Å². The molecule has 3 nitrogen and oxygen atoms in total. The number of anilines is 1. The third-order valence-corrected chi connectivity index (χ3v) is 5.60. The summed E-state index contributed by atoms with van der Waals surface area (Å²) < 4.78 is 12.2. The van der Waals surface area contributed by atoms with Gasteiger partial charge in [-0.3, -0.25) is 0 Å². The summed E-state index contributed by atoms with van der Waals surface area (Å²) in [5.74, 6) is 1.65. The molecule has 0 bridgehead atoms. The van der Waals surface area contributed by atoms with Crippen LogP contribution in [0.4, 0.5) is 5.69 Å². The predicted octanol–water partition coefficient (Wildman–Crippen LogP) is 3.38.